The molecule has 194 valence electrons. The summed E-state index contributed by atoms with van der Waals surface area (Å²) in [6, 6.07) is 22.7. The summed E-state index contributed by atoms with van der Waals surface area (Å²) in [5, 5.41) is 8.01. The fraction of sp³-hybridized carbons (Fsp3) is 0.207. The summed E-state index contributed by atoms with van der Waals surface area (Å²) in [6.45, 7) is 4.55. The Morgan fingerprint density at radius 1 is 1.05 bits per heavy atom. The fourth-order valence-corrected chi connectivity index (χ4v) is 5.79. The standard InChI is InChI=1S/C29H27Cl2N5OS/c1-18-17-21(19(2)36(18)24-13-8-11-22(30)26(24)31)28-27(23-12-6-7-15-32-23)34-29(38)35(28)16-14-25(37)33-20-9-4-3-5-10-20/h3-13,15,17,27-28H,14,16H2,1-2H3,(H,33,37)(H,34,38). The van der Waals surface area contributed by atoms with Gasteiger partial charge in [-0.3, -0.25) is 9.78 Å². The van der Waals surface area contributed by atoms with Gasteiger partial charge in [-0.1, -0.05) is 53.5 Å². The highest BCUT2D eigenvalue weighted by Gasteiger charge is 2.41. The number of para-hydroxylation sites is 1. The first-order valence-corrected chi connectivity index (χ1v) is 13.5. The Morgan fingerprint density at radius 2 is 1.82 bits per heavy atom. The summed E-state index contributed by atoms with van der Waals surface area (Å²) in [4.78, 5) is 19.5. The number of carbonyl (C=O) groups excluding carboxylic acids is 1. The van der Waals surface area contributed by atoms with E-state index in [2.05, 4.69) is 38.1 Å². The van der Waals surface area contributed by atoms with Crippen molar-refractivity contribution in [3.8, 4) is 5.69 Å². The van der Waals surface area contributed by atoms with Crippen LogP contribution in [0, 0.1) is 13.8 Å². The number of aryl methyl sites for hydroxylation is 1. The molecule has 2 aromatic heterocycles. The Morgan fingerprint density at radius 3 is 2.55 bits per heavy atom. The highest BCUT2D eigenvalue weighted by Crippen LogP contribution is 2.42. The normalized spacial score (nSPS) is 16.9. The molecule has 38 heavy (non-hydrogen) atoms. The second kappa shape index (κ2) is 11.2. The zero-order chi connectivity index (χ0) is 26.8. The molecule has 3 heterocycles. The van der Waals surface area contributed by atoms with Crippen molar-refractivity contribution in [1.82, 2.24) is 19.8 Å². The van der Waals surface area contributed by atoms with Crippen LogP contribution in [0.4, 0.5) is 5.69 Å². The van der Waals surface area contributed by atoms with Gasteiger partial charge >= 0.3 is 0 Å². The Labute approximate surface area is 237 Å². The predicted molar refractivity (Wildman–Crippen MR) is 157 cm³/mol. The first-order valence-electron chi connectivity index (χ1n) is 12.3. The predicted octanol–water partition coefficient (Wildman–Crippen LogP) is 6.80. The molecule has 4 aromatic rings. The van der Waals surface area contributed by atoms with Crippen molar-refractivity contribution in [3.63, 3.8) is 0 Å². The van der Waals surface area contributed by atoms with Gasteiger partial charge in [-0.05, 0) is 74.1 Å². The summed E-state index contributed by atoms with van der Waals surface area (Å²) >= 11 is 18.8. The van der Waals surface area contributed by atoms with Crippen LogP contribution in [0.5, 0.6) is 0 Å². The lowest BCUT2D eigenvalue weighted by molar-refractivity contribution is -0.116. The summed E-state index contributed by atoms with van der Waals surface area (Å²) in [5.41, 5.74) is 5.57. The van der Waals surface area contributed by atoms with Crippen LogP contribution in [0.3, 0.4) is 0 Å². The first kappa shape index (κ1) is 26.2. The number of carbonyl (C=O) groups is 1. The van der Waals surface area contributed by atoms with E-state index in [1.807, 2.05) is 67.6 Å². The van der Waals surface area contributed by atoms with E-state index in [0.717, 1.165) is 34.0 Å². The van der Waals surface area contributed by atoms with Crippen LogP contribution in [0.15, 0.2) is 79.0 Å². The SMILES string of the molecule is Cc1cc(C2C(c3ccccn3)NC(=S)N2CCC(=O)Nc2ccccc2)c(C)n1-c1cccc(Cl)c1Cl. The van der Waals surface area contributed by atoms with Gasteiger partial charge in [-0.25, -0.2) is 0 Å². The number of rotatable bonds is 7. The smallest absolute Gasteiger partial charge is 0.226 e. The minimum atomic E-state index is -0.190. The van der Waals surface area contributed by atoms with Gasteiger partial charge in [-0.2, -0.15) is 0 Å². The van der Waals surface area contributed by atoms with E-state index >= 15 is 0 Å². The third-order valence-corrected chi connectivity index (χ3v) is 7.96. The van der Waals surface area contributed by atoms with Gasteiger partial charge in [0.2, 0.25) is 5.91 Å². The Kier molecular flexibility index (Phi) is 7.70. The monoisotopic (exact) mass is 563 g/mol. The highest BCUT2D eigenvalue weighted by molar-refractivity contribution is 7.80. The maximum Gasteiger partial charge on any atom is 0.226 e. The molecule has 2 atom stereocenters. The quantitative estimate of drug-likeness (QED) is 0.242. The lowest BCUT2D eigenvalue weighted by atomic mass is 9.96. The Bertz CT molecular complexity index is 1480. The molecule has 1 fully saturated rings. The highest BCUT2D eigenvalue weighted by atomic mass is 35.5. The molecule has 2 unspecified atom stereocenters. The number of nitrogens with zero attached hydrogens (tertiary/aromatic N) is 3. The van der Waals surface area contributed by atoms with E-state index in [-0.39, 0.29) is 24.4 Å². The molecular formula is C29H27Cl2N5OS. The van der Waals surface area contributed by atoms with Crippen LogP contribution in [0.25, 0.3) is 5.69 Å². The number of anilines is 1. The zero-order valence-corrected chi connectivity index (χ0v) is 23.3. The minimum absolute atomic E-state index is 0.0739. The molecule has 6 nitrogen and oxygen atoms in total. The number of nitrogens with one attached hydrogen (secondary N) is 2. The molecule has 2 aromatic carbocycles. The number of hydrogen-bond acceptors (Lipinski definition) is 3. The molecule has 0 bridgehead atoms. The van der Waals surface area contributed by atoms with Gasteiger partial charge in [0.25, 0.3) is 0 Å². The molecule has 5 rings (SSSR count). The second-order valence-electron chi connectivity index (χ2n) is 9.22. The van der Waals surface area contributed by atoms with E-state index < -0.39 is 0 Å². The van der Waals surface area contributed by atoms with Crippen molar-refractivity contribution >= 4 is 52.1 Å². The van der Waals surface area contributed by atoms with E-state index in [1.165, 1.54) is 0 Å². The molecule has 9 heteroatoms. The molecule has 0 saturated carbocycles. The van der Waals surface area contributed by atoms with Gasteiger partial charge in [0, 0.05) is 36.2 Å². The van der Waals surface area contributed by atoms with Crippen molar-refractivity contribution in [2.45, 2.75) is 32.4 Å². The average molecular weight is 565 g/mol. The molecule has 0 aliphatic carbocycles. The van der Waals surface area contributed by atoms with Crippen LogP contribution in [0.1, 0.15) is 41.1 Å². The van der Waals surface area contributed by atoms with Crippen LogP contribution >= 0.6 is 35.4 Å². The van der Waals surface area contributed by atoms with Gasteiger partial charge in [-0.15, -0.1) is 0 Å². The number of amides is 1. The van der Waals surface area contributed by atoms with Crippen LogP contribution in [-0.2, 0) is 4.79 Å². The maximum absolute atomic E-state index is 12.8. The third kappa shape index (κ3) is 5.14. The van der Waals surface area contributed by atoms with Crippen molar-refractivity contribution in [1.29, 1.82) is 0 Å². The number of thiocarbonyl (C=S) groups is 1. The molecule has 1 saturated heterocycles. The average Bonchev–Trinajstić information content (AvgIpc) is 3.40. The zero-order valence-electron chi connectivity index (χ0n) is 21.0. The largest absolute Gasteiger partial charge is 0.352 e. The van der Waals surface area contributed by atoms with E-state index in [9.17, 15) is 4.79 Å². The molecule has 0 spiro atoms. The van der Waals surface area contributed by atoms with Gasteiger partial charge < -0.3 is 20.1 Å². The molecule has 1 aliphatic rings. The number of pyridine rings is 1. The number of hydrogen-bond donors (Lipinski definition) is 2. The molecular weight excluding hydrogens is 537 g/mol. The van der Waals surface area contributed by atoms with E-state index in [4.69, 9.17) is 35.4 Å². The number of benzene rings is 2. The fourth-order valence-electron chi connectivity index (χ4n) is 5.07. The van der Waals surface area contributed by atoms with Gasteiger partial charge in [0.1, 0.15) is 0 Å². The summed E-state index contributed by atoms with van der Waals surface area (Å²) in [7, 11) is 0. The lowest BCUT2D eigenvalue weighted by Crippen LogP contribution is -2.32. The molecule has 0 radical (unpaired) electrons. The Balaban J connectivity index is 1.50. The van der Waals surface area contributed by atoms with Crippen molar-refractivity contribution in [2.24, 2.45) is 0 Å². The third-order valence-electron chi connectivity index (χ3n) is 6.80. The van der Waals surface area contributed by atoms with Gasteiger partial charge in [0.05, 0.1) is 33.5 Å². The summed E-state index contributed by atoms with van der Waals surface area (Å²) in [6.07, 6.45) is 2.06. The lowest BCUT2D eigenvalue weighted by Gasteiger charge is -2.28. The summed E-state index contributed by atoms with van der Waals surface area (Å²) < 4.78 is 2.11. The van der Waals surface area contributed by atoms with Gasteiger partial charge in [0.15, 0.2) is 5.11 Å². The Hall–Kier alpha value is -3.39. The van der Waals surface area contributed by atoms with Crippen molar-refractivity contribution < 1.29 is 4.79 Å². The number of aromatic nitrogens is 2. The van der Waals surface area contributed by atoms with Crippen LogP contribution < -0.4 is 10.6 Å². The first-order chi connectivity index (χ1) is 18.3. The molecule has 1 amide bonds. The van der Waals surface area contributed by atoms with Crippen molar-refractivity contribution in [2.75, 3.05) is 11.9 Å². The topological polar surface area (TPSA) is 62.2 Å². The second-order valence-corrected chi connectivity index (χ2v) is 10.4. The van der Waals surface area contributed by atoms with Crippen molar-refractivity contribution in [3.05, 3.63) is 112 Å². The van der Waals surface area contributed by atoms with Crippen LogP contribution in [-0.4, -0.2) is 32.0 Å². The molecule has 2 N–H and O–H groups in total. The molecule has 1 aliphatic heterocycles. The van der Waals surface area contributed by atoms with Crippen LogP contribution in [0.2, 0.25) is 10.0 Å². The van der Waals surface area contributed by atoms with E-state index in [1.54, 1.807) is 12.3 Å². The number of halogens is 2. The minimum Gasteiger partial charge on any atom is -0.352 e. The van der Waals surface area contributed by atoms with E-state index in [0.29, 0.717) is 21.7 Å². The maximum atomic E-state index is 12.8. The summed E-state index contributed by atoms with van der Waals surface area (Å²) in [5.74, 6) is -0.0739.